The molecular weight excluding hydrogens is 192 g/mol. The number of hydrogen-bond acceptors (Lipinski definition) is 1. The quantitative estimate of drug-likeness (QED) is 0.733. The molecular formula is C12H18OS. The molecule has 1 atom stereocenters. The van der Waals surface area contributed by atoms with E-state index in [0.29, 0.717) is 0 Å². The summed E-state index contributed by atoms with van der Waals surface area (Å²) in [6.45, 7) is 8.37. The topological polar surface area (TPSA) is 17.1 Å². The van der Waals surface area contributed by atoms with Crippen LogP contribution in [-0.2, 0) is 10.8 Å². The summed E-state index contributed by atoms with van der Waals surface area (Å²) in [6, 6.07) is 7.93. The highest BCUT2D eigenvalue weighted by Crippen LogP contribution is 2.19. The van der Waals surface area contributed by atoms with Crippen LogP contribution in [0, 0.1) is 12.3 Å². The van der Waals surface area contributed by atoms with Gasteiger partial charge in [-0.15, -0.1) is 0 Å². The SMILES string of the molecule is Cc1ccc([S@](=O)CC(C)(C)C)cc1. The maximum atomic E-state index is 11.9. The highest BCUT2D eigenvalue weighted by Gasteiger charge is 2.15. The van der Waals surface area contributed by atoms with Crippen molar-refractivity contribution < 1.29 is 4.21 Å². The summed E-state index contributed by atoms with van der Waals surface area (Å²) < 4.78 is 11.9. The zero-order chi connectivity index (χ0) is 10.8. The molecule has 2 heteroatoms. The van der Waals surface area contributed by atoms with Crippen molar-refractivity contribution in [2.45, 2.75) is 32.6 Å². The summed E-state index contributed by atoms with van der Waals surface area (Å²) in [6.07, 6.45) is 0. The summed E-state index contributed by atoms with van der Waals surface area (Å²) in [5, 5.41) is 0. The number of hydrogen-bond donors (Lipinski definition) is 0. The molecule has 1 aromatic rings. The van der Waals surface area contributed by atoms with Crippen molar-refractivity contribution in [2.24, 2.45) is 5.41 Å². The maximum Gasteiger partial charge on any atom is 0.0534 e. The zero-order valence-corrected chi connectivity index (χ0v) is 10.1. The second-order valence-electron chi connectivity index (χ2n) is 4.86. The standard InChI is InChI=1S/C12H18OS/c1-10-5-7-11(8-6-10)14(13)9-12(2,3)4/h5-8H,9H2,1-4H3/t14-/m1/s1. The highest BCUT2D eigenvalue weighted by molar-refractivity contribution is 7.85. The van der Waals surface area contributed by atoms with Crippen molar-refractivity contribution >= 4 is 10.8 Å². The van der Waals surface area contributed by atoms with Gasteiger partial charge in [-0.2, -0.15) is 0 Å². The molecule has 0 aliphatic rings. The smallest absolute Gasteiger partial charge is 0.0534 e. The third kappa shape index (κ3) is 3.62. The van der Waals surface area contributed by atoms with Gasteiger partial charge in [-0.25, -0.2) is 0 Å². The van der Waals surface area contributed by atoms with Gasteiger partial charge in [0.05, 0.1) is 10.8 Å². The van der Waals surface area contributed by atoms with E-state index in [1.54, 1.807) is 0 Å². The Kier molecular flexibility index (Phi) is 3.48. The van der Waals surface area contributed by atoms with Crippen molar-refractivity contribution in [3.05, 3.63) is 29.8 Å². The third-order valence-corrected chi connectivity index (χ3v) is 3.77. The van der Waals surface area contributed by atoms with Crippen molar-refractivity contribution in [1.29, 1.82) is 0 Å². The lowest BCUT2D eigenvalue weighted by Gasteiger charge is -2.17. The Balaban J connectivity index is 2.76. The van der Waals surface area contributed by atoms with E-state index in [2.05, 4.69) is 20.8 Å². The molecule has 0 amide bonds. The van der Waals surface area contributed by atoms with E-state index in [1.807, 2.05) is 31.2 Å². The first-order chi connectivity index (χ1) is 6.38. The van der Waals surface area contributed by atoms with Crippen molar-refractivity contribution in [1.82, 2.24) is 0 Å². The Morgan fingerprint density at radius 2 is 1.64 bits per heavy atom. The summed E-state index contributed by atoms with van der Waals surface area (Å²) >= 11 is 0. The van der Waals surface area contributed by atoms with Crippen LogP contribution in [-0.4, -0.2) is 9.96 Å². The van der Waals surface area contributed by atoms with Crippen LogP contribution in [0.1, 0.15) is 26.3 Å². The van der Waals surface area contributed by atoms with Gasteiger partial charge in [-0.1, -0.05) is 38.5 Å². The normalized spacial score (nSPS) is 14.0. The molecule has 78 valence electrons. The fourth-order valence-corrected chi connectivity index (χ4v) is 2.56. The van der Waals surface area contributed by atoms with Crippen LogP contribution < -0.4 is 0 Å². The molecule has 1 aromatic carbocycles. The Morgan fingerprint density at radius 1 is 1.14 bits per heavy atom. The lowest BCUT2D eigenvalue weighted by Crippen LogP contribution is -2.16. The largest absolute Gasteiger partial charge is 0.254 e. The van der Waals surface area contributed by atoms with Crippen LogP contribution in [0.25, 0.3) is 0 Å². The van der Waals surface area contributed by atoms with E-state index in [9.17, 15) is 4.21 Å². The first-order valence-corrected chi connectivity index (χ1v) is 6.15. The minimum absolute atomic E-state index is 0.121. The fraction of sp³-hybridized carbons (Fsp3) is 0.500. The summed E-state index contributed by atoms with van der Waals surface area (Å²) in [7, 11) is -0.861. The second-order valence-corrected chi connectivity index (χ2v) is 6.31. The van der Waals surface area contributed by atoms with Gasteiger partial charge in [-0.05, 0) is 24.5 Å². The Labute approximate surface area is 89.0 Å². The van der Waals surface area contributed by atoms with Gasteiger partial charge in [-0.3, -0.25) is 4.21 Å². The van der Waals surface area contributed by atoms with Gasteiger partial charge in [0.2, 0.25) is 0 Å². The molecule has 0 fully saturated rings. The average molecular weight is 210 g/mol. The fourth-order valence-electron chi connectivity index (χ4n) is 1.17. The van der Waals surface area contributed by atoms with Crippen LogP contribution in [0.15, 0.2) is 29.2 Å². The van der Waals surface area contributed by atoms with Gasteiger partial charge < -0.3 is 0 Å². The summed E-state index contributed by atoms with van der Waals surface area (Å²) in [5.74, 6) is 0.718. The summed E-state index contributed by atoms with van der Waals surface area (Å²) in [4.78, 5) is 0.936. The molecule has 0 spiro atoms. The van der Waals surface area contributed by atoms with Gasteiger partial charge in [0.15, 0.2) is 0 Å². The molecule has 0 N–H and O–H groups in total. The van der Waals surface area contributed by atoms with Gasteiger partial charge >= 0.3 is 0 Å². The molecule has 0 heterocycles. The molecule has 0 aliphatic carbocycles. The van der Waals surface area contributed by atoms with Gasteiger partial charge in [0.25, 0.3) is 0 Å². The molecule has 0 unspecified atom stereocenters. The second kappa shape index (κ2) is 4.26. The van der Waals surface area contributed by atoms with E-state index in [4.69, 9.17) is 0 Å². The number of benzene rings is 1. The van der Waals surface area contributed by atoms with Crippen molar-refractivity contribution in [3.8, 4) is 0 Å². The van der Waals surface area contributed by atoms with Gasteiger partial charge in [0.1, 0.15) is 0 Å². The molecule has 14 heavy (non-hydrogen) atoms. The predicted octanol–water partition coefficient (Wildman–Crippen LogP) is 3.15. The molecule has 0 aliphatic heterocycles. The van der Waals surface area contributed by atoms with Crippen molar-refractivity contribution in [2.75, 3.05) is 5.75 Å². The maximum absolute atomic E-state index is 11.9. The first-order valence-electron chi connectivity index (χ1n) is 4.83. The van der Waals surface area contributed by atoms with E-state index >= 15 is 0 Å². The number of rotatable bonds is 2. The summed E-state index contributed by atoms with van der Waals surface area (Å²) in [5.41, 5.74) is 1.33. The predicted molar refractivity (Wildman–Crippen MR) is 61.9 cm³/mol. The highest BCUT2D eigenvalue weighted by atomic mass is 32.2. The van der Waals surface area contributed by atoms with Gasteiger partial charge in [0, 0.05) is 10.6 Å². The molecule has 0 bridgehead atoms. The van der Waals surface area contributed by atoms with Crippen LogP contribution in [0.3, 0.4) is 0 Å². The first kappa shape index (κ1) is 11.4. The Hall–Kier alpha value is -0.630. The number of aryl methyl sites for hydroxylation is 1. The van der Waals surface area contributed by atoms with Crippen LogP contribution >= 0.6 is 0 Å². The van der Waals surface area contributed by atoms with Crippen molar-refractivity contribution in [3.63, 3.8) is 0 Å². The Morgan fingerprint density at radius 3 is 2.07 bits per heavy atom. The average Bonchev–Trinajstić information content (AvgIpc) is 2.02. The van der Waals surface area contributed by atoms with E-state index in [1.165, 1.54) is 5.56 Å². The van der Waals surface area contributed by atoms with E-state index in [-0.39, 0.29) is 5.41 Å². The Bertz CT molecular complexity index is 319. The molecule has 0 aromatic heterocycles. The molecule has 0 saturated carbocycles. The zero-order valence-electron chi connectivity index (χ0n) is 9.33. The van der Waals surface area contributed by atoms with Crippen LogP contribution in [0.5, 0.6) is 0 Å². The molecule has 1 rings (SSSR count). The van der Waals surface area contributed by atoms with Crippen LogP contribution in [0.2, 0.25) is 0 Å². The molecule has 0 saturated heterocycles. The monoisotopic (exact) mass is 210 g/mol. The van der Waals surface area contributed by atoms with E-state index < -0.39 is 10.8 Å². The molecule has 1 nitrogen and oxygen atoms in total. The third-order valence-electron chi connectivity index (χ3n) is 1.85. The van der Waals surface area contributed by atoms with E-state index in [0.717, 1.165) is 10.6 Å². The minimum Gasteiger partial charge on any atom is -0.254 e. The van der Waals surface area contributed by atoms with Crippen LogP contribution in [0.4, 0.5) is 0 Å². The lowest BCUT2D eigenvalue weighted by atomic mass is 10.0. The lowest BCUT2D eigenvalue weighted by molar-refractivity contribution is 0.474. The molecule has 0 radical (unpaired) electrons. The minimum atomic E-state index is -0.861.